The van der Waals surface area contributed by atoms with Crippen LogP contribution in [-0.2, 0) is 10.9 Å². The number of nitrogens with zero attached hydrogens (tertiary/aromatic N) is 4. The molecular weight excluding hydrogens is 563 g/mol. The first-order valence-corrected chi connectivity index (χ1v) is 14.7. The van der Waals surface area contributed by atoms with Crippen LogP contribution in [0.1, 0.15) is 65.1 Å². The van der Waals surface area contributed by atoms with Crippen molar-refractivity contribution in [3.8, 4) is 11.3 Å². The number of benzene rings is 1. The van der Waals surface area contributed by atoms with Crippen LogP contribution in [0.5, 0.6) is 0 Å². The molecule has 2 aliphatic rings. The van der Waals surface area contributed by atoms with Crippen LogP contribution in [0.2, 0.25) is 0 Å². The summed E-state index contributed by atoms with van der Waals surface area (Å²) in [7, 11) is 0. The molecule has 2 fully saturated rings. The van der Waals surface area contributed by atoms with Crippen LogP contribution in [0.25, 0.3) is 11.3 Å². The number of amides is 1. The van der Waals surface area contributed by atoms with Gasteiger partial charge in [-0.15, -0.1) is 0 Å². The van der Waals surface area contributed by atoms with Crippen molar-refractivity contribution in [2.45, 2.75) is 89.2 Å². The summed E-state index contributed by atoms with van der Waals surface area (Å²) in [4.78, 5) is 25.7. The van der Waals surface area contributed by atoms with E-state index in [0.717, 1.165) is 50.6 Å². The van der Waals surface area contributed by atoms with E-state index in [1.165, 1.54) is 12.4 Å². The summed E-state index contributed by atoms with van der Waals surface area (Å²) in [6.07, 6.45) is 5.10. The first-order valence-electron chi connectivity index (χ1n) is 14.7. The Labute approximate surface area is 248 Å². The number of anilines is 3. The number of carbonyl (C=O) groups is 1. The van der Waals surface area contributed by atoms with Crippen molar-refractivity contribution in [3.05, 3.63) is 48.7 Å². The Hall–Kier alpha value is -3.87. The molecular formula is C30H38F3N7O3. The van der Waals surface area contributed by atoms with Gasteiger partial charge in [-0.3, -0.25) is 5.32 Å². The van der Waals surface area contributed by atoms with Crippen LogP contribution in [0.3, 0.4) is 0 Å². The molecule has 0 bridgehead atoms. The second-order valence-corrected chi connectivity index (χ2v) is 12.1. The van der Waals surface area contributed by atoms with Crippen molar-refractivity contribution in [3.63, 3.8) is 0 Å². The number of hydrogen-bond acceptors (Lipinski definition) is 9. The highest BCUT2D eigenvalue weighted by molar-refractivity contribution is 5.86. The van der Waals surface area contributed by atoms with Gasteiger partial charge >= 0.3 is 12.3 Å². The maximum absolute atomic E-state index is 12.9. The van der Waals surface area contributed by atoms with Crippen LogP contribution < -0.4 is 20.9 Å². The van der Waals surface area contributed by atoms with Crippen molar-refractivity contribution in [2.24, 2.45) is 0 Å². The standard InChI is InChI=1S/C30H38F3N7O3/c1-29(2,3)43-28(41)38-20-9-6-8-19(14-20)25-17-36-27(42-25)39-24-12-5-4-11-23(24)37-21-10-7-13-40(18-21)22-15-34-26(35-16-22)30(31,32)33/h6,8-9,14-17,21,23-24,37H,4-5,7,10-13,18H2,1-3H3,(H,36,39)(H,38,41)/t21-,23+,24+/m0/s1. The summed E-state index contributed by atoms with van der Waals surface area (Å²) in [5, 5.41) is 10.0. The minimum Gasteiger partial charge on any atom is -0.444 e. The number of oxazole rings is 1. The van der Waals surface area contributed by atoms with Crippen LogP contribution in [0, 0.1) is 0 Å². The molecule has 13 heteroatoms. The molecule has 3 aromatic rings. The van der Waals surface area contributed by atoms with Gasteiger partial charge in [0, 0.05) is 42.5 Å². The van der Waals surface area contributed by atoms with Crippen molar-refractivity contribution in [1.29, 1.82) is 0 Å². The fourth-order valence-corrected chi connectivity index (χ4v) is 5.59. The van der Waals surface area contributed by atoms with Crippen molar-refractivity contribution in [2.75, 3.05) is 28.6 Å². The van der Waals surface area contributed by atoms with Gasteiger partial charge in [0.15, 0.2) is 5.76 Å². The van der Waals surface area contributed by atoms with Gasteiger partial charge in [0.1, 0.15) is 5.60 Å². The summed E-state index contributed by atoms with van der Waals surface area (Å²) >= 11 is 0. The molecule has 1 saturated carbocycles. The first-order chi connectivity index (χ1) is 20.4. The highest BCUT2D eigenvalue weighted by Gasteiger charge is 2.35. The molecule has 232 valence electrons. The van der Waals surface area contributed by atoms with Crippen LogP contribution in [0.15, 0.2) is 47.3 Å². The van der Waals surface area contributed by atoms with Gasteiger partial charge in [-0.2, -0.15) is 13.2 Å². The molecule has 1 amide bonds. The van der Waals surface area contributed by atoms with Crippen LogP contribution >= 0.6 is 0 Å². The fourth-order valence-electron chi connectivity index (χ4n) is 5.59. The lowest BCUT2D eigenvalue weighted by molar-refractivity contribution is -0.145. The third-order valence-electron chi connectivity index (χ3n) is 7.50. The van der Waals surface area contributed by atoms with Crippen molar-refractivity contribution in [1.82, 2.24) is 20.3 Å². The van der Waals surface area contributed by atoms with E-state index in [9.17, 15) is 18.0 Å². The van der Waals surface area contributed by atoms with E-state index in [0.29, 0.717) is 29.7 Å². The minimum atomic E-state index is -4.56. The number of ether oxygens (including phenoxy) is 1. The zero-order chi connectivity index (χ0) is 30.6. The van der Waals surface area contributed by atoms with E-state index >= 15 is 0 Å². The third kappa shape index (κ3) is 8.37. The molecule has 3 heterocycles. The van der Waals surface area contributed by atoms with Crippen LogP contribution in [0.4, 0.5) is 35.4 Å². The molecule has 5 rings (SSSR count). The second kappa shape index (κ2) is 12.8. The minimum absolute atomic E-state index is 0.102. The normalized spacial score (nSPS) is 21.3. The number of piperidine rings is 1. The molecule has 10 nitrogen and oxygen atoms in total. The molecule has 43 heavy (non-hydrogen) atoms. The summed E-state index contributed by atoms with van der Waals surface area (Å²) < 4.78 is 50.1. The average molecular weight is 602 g/mol. The zero-order valence-corrected chi connectivity index (χ0v) is 24.6. The Balaban J connectivity index is 1.19. The Kier molecular flexibility index (Phi) is 9.09. The van der Waals surface area contributed by atoms with Gasteiger partial charge in [-0.05, 0) is 58.6 Å². The number of rotatable bonds is 7. The Bertz CT molecular complexity index is 1370. The largest absolute Gasteiger partial charge is 0.451 e. The fraction of sp³-hybridized carbons (Fsp3) is 0.533. The van der Waals surface area contributed by atoms with Crippen molar-refractivity contribution >= 4 is 23.5 Å². The molecule has 1 saturated heterocycles. The summed E-state index contributed by atoms with van der Waals surface area (Å²) in [6, 6.07) is 8.16. The summed E-state index contributed by atoms with van der Waals surface area (Å²) in [5.41, 5.74) is 1.34. The molecule has 1 aliphatic heterocycles. The lowest BCUT2D eigenvalue weighted by atomic mass is 9.89. The molecule has 0 radical (unpaired) electrons. The van der Waals surface area contributed by atoms with Crippen LogP contribution in [-0.4, -0.2) is 57.9 Å². The maximum Gasteiger partial charge on any atom is 0.451 e. The Morgan fingerprint density at radius 3 is 2.47 bits per heavy atom. The first kappa shape index (κ1) is 30.6. The number of nitrogens with one attached hydrogen (secondary N) is 3. The smallest absolute Gasteiger partial charge is 0.444 e. The van der Waals surface area contributed by atoms with E-state index < -0.39 is 23.7 Å². The predicted octanol–water partition coefficient (Wildman–Crippen LogP) is 6.48. The molecule has 3 atom stereocenters. The zero-order valence-electron chi connectivity index (χ0n) is 24.6. The lowest BCUT2D eigenvalue weighted by Gasteiger charge is -2.40. The number of hydrogen-bond donors (Lipinski definition) is 3. The number of aromatic nitrogens is 3. The van der Waals surface area contributed by atoms with Crippen molar-refractivity contribution < 1.29 is 27.1 Å². The molecule has 1 aliphatic carbocycles. The van der Waals surface area contributed by atoms with Gasteiger partial charge in [0.2, 0.25) is 5.82 Å². The predicted molar refractivity (Wildman–Crippen MR) is 157 cm³/mol. The number of halogens is 3. The van der Waals surface area contributed by atoms with Gasteiger partial charge in [0.05, 0.1) is 24.3 Å². The average Bonchev–Trinajstić information content (AvgIpc) is 3.42. The molecule has 0 unspecified atom stereocenters. The maximum atomic E-state index is 12.9. The van der Waals surface area contributed by atoms with Gasteiger partial charge < -0.3 is 24.7 Å². The summed E-state index contributed by atoms with van der Waals surface area (Å²) in [5.74, 6) is -0.559. The lowest BCUT2D eigenvalue weighted by Crippen LogP contribution is -2.55. The van der Waals surface area contributed by atoms with E-state index in [1.54, 1.807) is 39.1 Å². The van der Waals surface area contributed by atoms with E-state index in [-0.39, 0.29) is 18.1 Å². The van der Waals surface area contributed by atoms with Gasteiger partial charge in [-0.25, -0.2) is 19.7 Å². The quantitative estimate of drug-likeness (QED) is 0.280. The third-order valence-corrected chi connectivity index (χ3v) is 7.50. The Morgan fingerprint density at radius 2 is 1.74 bits per heavy atom. The number of carbonyl (C=O) groups excluding carboxylic acids is 1. The number of alkyl halides is 3. The monoisotopic (exact) mass is 601 g/mol. The van der Waals surface area contributed by atoms with E-state index in [2.05, 4.69) is 30.9 Å². The molecule has 3 N–H and O–H groups in total. The van der Waals surface area contributed by atoms with E-state index in [1.807, 2.05) is 17.0 Å². The molecule has 0 spiro atoms. The van der Waals surface area contributed by atoms with Gasteiger partial charge in [-0.1, -0.05) is 25.0 Å². The Morgan fingerprint density at radius 1 is 1.00 bits per heavy atom. The summed E-state index contributed by atoms with van der Waals surface area (Å²) in [6.45, 7) is 6.82. The highest BCUT2D eigenvalue weighted by atomic mass is 19.4. The SMILES string of the molecule is CC(C)(C)OC(=O)Nc1cccc(-c2cnc(N[C@@H]3CCCC[C@H]3N[C@H]3CCCN(c4cnc(C(F)(F)F)nc4)C3)o2)c1. The molecule has 2 aromatic heterocycles. The van der Waals surface area contributed by atoms with E-state index in [4.69, 9.17) is 9.15 Å². The molecule has 1 aromatic carbocycles. The van der Waals surface area contributed by atoms with Gasteiger partial charge in [0.25, 0.3) is 6.01 Å². The topological polar surface area (TPSA) is 117 Å². The highest BCUT2D eigenvalue weighted by Crippen LogP contribution is 2.30. The second-order valence-electron chi connectivity index (χ2n) is 12.1.